The minimum atomic E-state index is -4.56. The summed E-state index contributed by atoms with van der Waals surface area (Å²) in [6.45, 7) is 0.378. The topological polar surface area (TPSA) is 32.3 Å². The molecule has 0 aliphatic heterocycles. The third-order valence-corrected chi connectivity index (χ3v) is 2.20. The summed E-state index contributed by atoms with van der Waals surface area (Å²) < 4.78 is 50.5. The molecule has 1 aromatic carbocycles. The quantitative estimate of drug-likeness (QED) is 0.621. The van der Waals surface area contributed by atoms with E-state index in [1.807, 2.05) is 0 Å². The highest BCUT2D eigenvalue weighted by Gasteiger charge is 2.33. The van der Waals surface area contributed by atoms with Gasteiger partial charge in [-0.2, -0.15) is 13.2 Å². The van der Waals surface area contributed by atoms with Gasteiger partial charge in [0.15, 0.2) is 0 Å². The third kappa shape index (κ3) is 4.32. The first-order valence-corrected chi connectivity index (χ1v) is 5.12. The van der Waals surface area contributed by atoms with Gasteiger partial charge in [0, 0.05) is 13.2 Å². The summed E-state index contributed by atoms with van der Waals surface area (Å²) >= 11 is 0. The molecular weight excluding hydrogens is 238 g/mol. The van der Waals surface area contributed by atoms with Crippen molar-refractivity contribution in [3.8, 4) is 0 Å². The van der Waals surface area contributed by atoms with Crippen molar-refractivity contribution in [3.05, 3.63) is 35.1 Å². The molecule has 0 aromatic heterocycles. The van der Waals surface area contributed by atoms with Crippen LogP contribution >= 0.6 is 0 Å². The Hall–Kier alpha value is -1.14. The van der Waals surface area contributed by atoms with Crippen LogP contribution in [-0.2, 0) is 12.7 Å². The van der Waals surface area contributed by atoms with Gasteiger partial charge in [0.25, 0.3) is 0 Å². The zero-order valence-corrected chi connectivity index (χ0v) is 9.02. The second kappa shape index (κ2) is 5.97. The van der Waals surface area contributed by atoms with Crippen molar-refractivity contribution < 1.29 is 22.7 Å². The molecule has 0 saturated carbocycles. The summed E-state index contributed by atoms with van der Waals surface area (Å²) in [6, 6.07) is 2.60. The first kappa shape index (κ1) is 13.9. The van der Waals surface area contributed by atoms with Gasteiger partial charge in [0.05, 0.1) is 5.56 Å². The minimum Gasteiger partial charge on any atom is -0.396 e. The van der Waals surface area contributed by atoms with E-state index in [0.717, 1.165) is 12.1 Å². The number of rotatable bonds is 5. The lowest BCUT2D eigenvalue weighted by Crippen LogP contribution is -2.19. The third-order valence-electron chi connectivity index (χ3n) is 2.20. The van der Waals surface area contributed by atoms with Gasteiger partial charge in [-0.25, -0.2) is 4.39 Å². The van der Waals surface area contributed by atoms with E-state index in [2.05, 4.69) is 5.32 Å². The molecule has 0 radical (unpaired) electrons. The number of aliphatic hydroxyl groups excluding tert-OH is 1. The molecule has 0 saturated heterocycles. The van der Waals surface area contributed by atoms with E-state index < -0.39 is 17.6 Å². The number of hydrogen-bond acceptors (Lipinski definition) is 2. The van der Waals surface area contributed by atoms with Crippen molar-refractivity contribution in [1.82, 2.24) is 5.32 Å². The predicted molar refractivity (Wildman–Crippen MR) is 54.8 cm³/mol. The van der Waals surface area contributed by atoms with Gasteiger partial charge >= 0.3 is 6.18 Å². The average molecular weight is 251 g/mol. The lowest BCUT2D eigenvalue weighted by atomic mass is 10.1. The summed E-state index contributed by atoms with van der Waals surface area (Å²) in [7, 11) is 0. The lowest BCUT2D eigenvalue weighted by Gasteiger charge is -2.13. The van der Waals surface area contributed by atoms with Crippen molar-refractivity contribution in [3.63, 3.8) is 0 Å². The van der Waals surface area contributed by atoms with E-state index in [0.29, 0.717) is 19.0 Å². The van der Waals surface area contributed by atoms with E-state index in [4.69, 9.17) is 5.11 Å². The van der Waals surface area contributed by atoms with Gasteiger partial charge in [0.1, 0.15) is 5.82 Å². The highest BCUT2D eigenvalue weighted by atomic mass is 19.4. The van der Waals surface area contributed by atoms with Crippen molar-refractivity contribution in [2.24, 2.45) is 0 Å². The van der Waals surface area contributed by atoms with Crippen LogP contribution in [0.2, 0.25) is 0 Å². The maximum atomic E-state index is 12.8. The molecule has 6 heteroatoms. The number of hydrogen-bond donors (Lipinski definition) is 2. The van der Waals surface area contributed by atoms with Crippen LogP contribution in [-0.4, -0.2) is 18.3 Å². The van der Waals surface area contributed by atoms with E-state index in [9.17, 15) is 17.6 Å². The molecule has 0 atom stereocenters. The fourth-order valence-electron chi connectivity index (χ4n) is 1.39. The molecular formula is C11H13F4NO. The van der Waals surface area contributed by atoms with E-state index in [-0.39, 0.29) is 18.7 Å². The molecule has 1 aromatic rings. The fourth-order valence-corrected chi connectivity index (χ4v) is 1.39. The molecule has 0 aliphatic carbocycles. The van der Waals surface area contributed by atoms with E-state index >= 15 is 0 Å². The molecule has 1 rings (SSSR count). The normalized spacial score (nSPS) is 11.8. The number of benzene rings is 1. The highest BCUT2D eigenvalue weighted by Crippen LogP contribution is 2.32. The monoisotopic (exact) mass is 251 g/mol. The molecule has 0 unspecified atom stereocenters. The molecule has 0 amide bonds. The van der Waals surface area contributed by atoms with Crippen molar-refractivity contribution in [2.45, 2.75) is 19.1 Å². The van der Waals surface area contributed by atoms with Gasteiger partial charge in [0.2, 0.25) is 0 Å². The smallest absolute Gasteiger partial charge is 0.396 e. The van der Waals surface area contributed by atoms with Crippen LogP contribution in [0.1, 0.15) is 17.5 Å². The van der Waals surface area contributed by atoms with Crippen molar-refractivity contribution >= 4 is 0 Å². The Morgan fingerprint density at radius 3 is 2.53 bits per heavy atom. The van der Waals surface area contributed by atoms with Gasteiger partial charge in [-0.05, 0) is 30.7 Å². The highest BCUT2D eigenvalue weighted by molar-refractivity contribution is 5.30. The van der Waals surface area contributed by atoms with Crippen LogP contribution in [0.5, 0.6) is 0 Å². The summed E-state index contributed by atoms with van der Waals surface area (Å²) in [6.07, 6.45) is -4.10. The number of halogens is 4. The number of alkyl halides is 3. The number of nitrogens with one attached hydrogen (secondary N) is 1. The van der Waals surface area contributed by atoms with Crippen LogP contribution in [0.3, 0.4) is 0 Å². The summed E-state index contributed by atoms with van der Waals surface area (Å²) in [4.78, 5) is 0. The standard InChI is InChI=1S/C11H13F4NO/c12-9-3-2-8(7-16-4-1-5-17)10(6-9)11(13,14)15/h2-3,6,16-17H,1,4-5,7H2. The molecule has 0 aliphatic rings. The summed E-state index contributed by atoms with van der Waals surface area (Å²) in [5.74, 6) is -0.906. The minimum absolute atomic E-state index is 0.00293. The van der Waals surface area contributed by atoms with Crippen LogP contribution in [0.4, 0.5) is 17.6 Å². The van der Waals surface area contributed by atoms with Gasteiger partial charge in [-0.3, -0.25) is 0 Å². The zero-order valence-electron chi connectivity index (χ0n) is 9.02. The maximum Gasteiger partial charge on any atom is 0.416 e. The second-order valence-corrected chi connectivity index (χ2v) is 3.55. The fraction of sp³-hybridized carbons (Fsp3) is 0.455. The van der Waals surface area contributed by atoms with Gasteiger partial charge in [-0.15, -0.1) is 0 Å². The Morgan fingerprint density at radius 1 is 1.24 bits per heavy atom. The summed E-state index contributed by atoms with van der Waals surface area (Å²) in [5, 5.41) is 11.3. The Morgan fingerprint density at radius 2 is 1.94 bits per heavy atom. The predicted octanol–water partition coefficient (Wildman–Crippen LogP) is 2.32. The molecule has 0 fully saturated rings. The Kier molecular flexibility index (Phi) is 4.89. The molecule has 0 bridgehead atoms. The Balaban J connectivity index is 2.77. The molecule has 2 nitrogen and oxygen atoms in total. The van der Waals surface area contributed by atoms with Gasteiger partial charge < -0.3 is 10.4 Å². The molecule has 0 spiro atoms. The van der Waals surface area contributed by atoms with Crippen LogP contribution in [0.15, 0.2) is 18.2 Å². The second-order valence-electron chi connectivity index (χ2n) is 3.55. The van der Waals surface area contributed by atoms with Crippen molar-refractivity contribution in [1.29, 1.82) is 0 Å². The Labute approximate surface area is 96.3 Å². The largest absolute Gasteiger partial charge is 0.416 e. The number of aliphatic hydroxyl groups is 1. The van der Waals surface area contributed by atoms with Crippen LogP contribution in [0.25, 0.3) is 0 Å². The van der Waals surface area contributed by atoms with Crippen LogP contribution in [0, 0.1) is 5.82 Å². The first-order valence-electron chi connectivity index (χ1n) is 5.12. The summed E-state index contributed by atoms with van der Waals surface area (Å²) in [5.41, 5.74) is -0.967. The average Bonchev–Trinajstić information content (AvgIpc) is 2.25. The SMILES string of the molecule is OCCCNCc1ccc(F)cc1C(F)(F)F. The molecule has 2 N–H and O–H groups in total. The Bertz CT molecular complexity index is 365. The lowest BCUT2D eigenvalue weighted by molar-refractivity contribution is -0.138. The van der Waals surface area contributed by atoms with Gasteiger partial charge in [-0.1, -0.05) is 6.07 Å². The maximum absolute atomic E-state index is 12.8. The molecule has 96 valence electrons. The van der Waals surface area contributed by atoms with Crippen molar-refractivity contribution in [2.75, 3.05) is 13.2 Å². The molecule has 17 heavy (non-hydrogen) atoms. The van der Waals surface area contributed by atoms with Crippen LogP contribution < -0.4 is 5.32 Å². The first-order chi connectivity index (χ1) is 7.95. The van der Waals surface area contributed by atoms with E-state index in [1.165, 1.54) is 0 Å². The molecule has 0 heterocycles. The zero-order chi connectivity index (χ0) is 12.9. The van der Waals surface area contributed by atoms with E-state index in [1.54, 1.807) is 0 Å².